The van der Waals surface area contributed by atoms with E-state index < -0.39 is 0 Å². The van der Waals surface area contributed by atoms with Crippen LogP contribution in [0.3, 0.4) is 0 Å². The number of morpholine rings is 1. The molecule has 3 heteroatoms. The minimum absolute atomic E-state index is 0.147. The van der Waals surface area contributed by atoms with Crippen molar-refractivity contribution in [3.63, 3.8) is 0 Å². The Morgan fingerprint density at radius 3 is 2.67 bits per heavy atom. The predicted octanol–water partition coefficient (Wildman–Crippen LogP) is 4.06. The molecule has 1 saturated heterocycles. The molecule has 1 fully saturated rings. The Hall–Kier alpha value is -0.380. The minimum Gasteiger partial charge on any atom is -0.370 e. The van der Waals surface area contributed by atoms with Gasteiger partial charge in [0.25, 0.3) is 0 Å². The summed E-state index contributed by atoms with van der Waals surface area (Å²) in [6, 6.07) is 8.74. The Kier molecular flexibility index (Phi) is 4.46. The van der Waals surface area contributed by atoms with Crippen LogP contribution in [0.15, 0.2) is 28.7 Å². The van der Waals surface area contributed by atoms with Crippen LogP contribution < -0.4 is 5.32 Å². The molecule has 1 aromatic rings. The molecule has 2 nitrogen and oxygen atoms in total. The number of hydrogen-bond acceptors (Lipinski definition) is 2. The van der Waals surface area contributed by atoms with Crippen molar-refractivity contribution in [2.75, 3.05) is 6.61 Å². The van der Waals surface area contributed by atoms with E-state index in [1.807, 2.05) is 6.07 Å². The molecule has 1 aliphatic rings. The summed E-state index contributed by atoms with van der Waals surface area (Å²) in [7, 11) is 0. The molecular weight excluding hydrogens is 290 g/mol. The van der Waals surface area contributed by atoms with E-state index in [9.17, 15) is 0 Å². The van der Waals surface area contributed by atoms with Gasteiger partial charge in [-0.3, -0.25) is 0 Å². The normalized spacial score (nSPS) is 27.1. The third-order valence-corrected chi connectivity index (χ3v) is 4.55. The summed E-state index contributed by atoms with van der Waals surface area (Å²) in [5.41, 5.74) is 1.40. The second-order valence-corrected chi connectivity index (χ2v) is 6.12. The zero-order valence-electron chi connectivity index (χ0n) is 11.4. The molecule has 2 unspecified atom stereocenters. The second-order valence-electron chi connectivity index (χ2n) is 5.21. The van der Waals surface area contributed by atoms with Gasteiger partial charge in [0, 0.05) is 16.1 Å². The van der Waals surface area contributed by atoms with E-state index in [1.165, 1.54) is 5.56 Å². The lowest BCUT2D eigenvalue weighted by atomic mass is 9.88. The molecule has 2 atom stereocenters. The molecule has 100 valence electrons. The molecular formula is C15H22BrNO. The molecule has 1 heterocycles. The number of nitrogens with one attached hydrogen (secondary N) is 1. The zero-order chi connectivity index (χ0) is 13.2. The van der Waals surface area contributed by atoms with E-state index in [2.05, 4.69) is 60.2 Å². The molecule has 1 aliphatic heterocycles. The summed E-state index contributed by atoms with van der Waals surface area (Å²) in [5, 5.41) is 3.76. The fraction of sp³-hybridized carbons (Fsp3) is 0.600. The maximum atomic E-state index is 6.15. The van der Waals surface area contributed by atoms with Gasteiger partial charge >= 0.3 is 0 Å². The van der Waals surface area contributed by atoms with E-state index in [4.69, 9.17) is 4.74 Å². The van der Waals surface area contributed by atoms with Crippen molar-refractivity contribution >= 4 is 15.9 Å². The topological polar surface area (TPSA) is 21.3 Å². The highest BCUT2D eigenvalue weighted by Gasteiger charge is 2.37. The van der Waals surface area contributed by atoms with Gasteiger partial charge < -0.3 is 10.1 Å². The zero-order valence-corrected chi connectivity index (χ0v) is 13.0. The average molecular weight is 312 g/mol. The maximum absolute atomic E-state index is 6.15. The maximum Gasteiger partial charge on any atom is 0.0976 e. The fourth-order valence-electron chi connectivity index (χ4n) is 2.72. The van der Waals surface area contributed by atoms with Crippen LogP contribution in [-0.2, 0) is 4.74 Å². The van der Waals surface area contributed by atoms with Crippen molar-refractivity contribution in [1.82, 2.24) is 5.32 Å². The summed E-state index contributed by atoms with van der Waals surface area (Å²) >= 11 is 3.52. The van der Waals surface area contributed by atoms with E-state index in [0.717, 1.165) is 23.9 Å². The molecule has 0 spiro atoms. The van der Waals surface area contributed by atoms with Crippen molar-refractivity contribution in [1.29, 1.82) is 0 Å². The Bertz CT molecular complexity index is 403. The number of benzene rings is 1. The molecule has 2 rings (SSSR count). The Labute approximate surface area is 118 Å². The van der Waals surface area contributed by atoms with Gasteiger partial charge in [0.05, 0.1) is 12.7 Å². The minimum atomic E-state index is 0.147. The van der Waals surface area contributed by atoms with Gasteiger partial charge in [-0.05, 0) is 37.5 Å². The molecule has 0 amide bonds. The summed E-state index contributed by atoms with van der Waals surface area (Å²) < 4.78 is 7.26. The quantitative estimate of drug-likeness (QED) is 0.909. The highest BCUT2D eigenvalue weighted by molar-refractivity contribution is 9.10. The first-order valence-electron chi connectivity index (χ1n) is 6.75. The molecule has 1 N–H and O–H groups in total. The largest absolute Gasteiger partial charge is 0.370 e. The molecule has 18 heavy (non-hydrogen) atoms. The Morgan fingerprint density at radius 1 is 1.39 bits per heavy atom. The monoisotopic (exact) mass is 311 g/mol. The SMILES string of the molecule is CCC1(CC)COC(c2cccc(Br)c2)C(C)N1. The van der Waals surface area contributed by atoms with Crippen LogP contribution in [0.25, 0.3) is 0 Å². The van der Waals surface area contributed by atoms with Crippen LogP contribution in [0, 0.1) is 0 Å². The second kappa shape index (κ2) is 5.72. The number of rotatable bonds is 3. The van der Waals surface area contributed by atoms with Crippen molar-refractivity contribution in [3.05, 3.63) is 34.3 Å². The smallest absolute Gasteiger partial charge is 0.0976 e. The summed E-state index contributed by atoms with van der Waals surface area (Å²) in [6.07, 6.45) is 2.37. The third kappa shape index (κ3) is 2.79. The number of ether oxygens (including phenoxy) is 1. The molecule has 0 radical (unpaired) electrons. The van der Waals surface area contributed by atoms with Crippen LogP contribution in [0.1, 0.15) is 45.3 Å². The van der Waals surface area contributed by atoms with E-state index >= 15 is 0 Å². The van der Waals surface area contributed by atoms with E-state index in [0.29, 0.717) is 6.04 Å². The van der Waals surface area contributed by atoms with Crippen molar-refractivity contribution in [2.24, 2.45) is 0 Å². The summed E-state index contributed by atoms with van der Waals surface area (Å²) in [5.74, 6) is 0. The van der Waals surface area contributed by atoms with E-state index in [-0.39, 0.29) is 11.6 Å². The van der Waals surface area contributed by atoms with Gasteiger partial charge in [0.15, 0.2) is 0 Å². The highest BCUT2D eigenvalue weighted by atomic mass is 79.9. The van der Waals surface area contributed by atoms with Gasteiger partial charge in [-0.1, -0.05) is 41.9 Å². The number of hydrogen-bond donors (Lipinski definition) is 1. The van der Waals surface area contributed by atoms with Crippen molar-refractivity contribution in [3.8, 4) is 0 Å². The molecule has 1 aromatic carbocycles. The first-order valence-corrected chi connectivity index (χ1v) is 7.54. The molecule has 0 bridgehead atoms. The predicted molar refractivity (Wildman–Crippen MR) is 78.7 cm³/mol. The van der Waals surface area contributed by atoms with Crippen LogP contribution in [-0.4, -0.2) is 18.2 Å². The first kappa shape index (κ1) is 14.0. The van der Waals surface area contributed by atoms with E-state index in [1.54, 1.807) is 0 Å². The lowest BCUT2D eigenvalue weighted by molar-refractivity contribution is -0.0632. The van der Waals surface area contributed by atoms with Crippen molar-refractivity contribution < 1.29 is 4.74 Å². The van der Waals surface area contributed by atoms with Crippen LogP contribution >= 0.6 is 15.9 Å². The fourth-order valence-corrected chi connectivity index (χ4v) is 3.14. The molecule has 0 aromatic heterocycles. The Balaban J connectivity index is 2.15. The summed E-state index contributed by atoms with van der Waals surface area (Å²) in [4.78, 5) is 0. The van der Waals surface area contributed by atoms with Gasteiger partial charge in [0.1, 0.15) is 0 Å². The van der Waals surface area contributed by atoms with Crippen molar-refractivity contribution in [2.45, 2.75) is 51.3 Å². The van der Waals surface area contributed by atoms with Crippen LogP contribution in [0.4, 0.5) is 0 Å². The van der Waals surface area contributed by atoms with Crippen LogP contribution in [0.2, 0.25) is 0 Å². The molecule has 0 aliphatic carbocycles. The van der Waals surface area contributed by atoms with Gasteiger partial charge in [-0.2, -0.15) is 0 Å². The van der Waals surface area contributed by atoms with Gasteiger partial charge in [0.2, 0.25) is 0 Å². The first-order chi connectivity index (χ1) is 8.60. The highest BCUT2D eigenvalue weighted by Crippen LogP contribution is 2.32. The molecule has 0 saturated carbocycles. The number of halogens is 1. The Morgan fingerprint density at radius 2 is 2.11 bits per heavy atom. The standard InChI is InChI=1S/C15H22BrNO/c1-4-15(5-2)10-18-14(11(3)17-15)12-7-6-8-13(16)9-12/h6-9,11,14,17H,4-5,10H2,1-3H3. The summed E-state index contributed by atoms with van der Waals surface area (Å²) in [6.45, 7) is 7.46. The average Bonchev–Trinajstić information content (AvgIpc) is 2.38. The lowest BCUT2D eigenvalue weighted by Crippen LogP contribution is -2.58. The lowest BCUT2D eigenvalue weighted by Gasteiger charge is -2.44. The van der Waals surface area contributed by atoms with Gasteiger partial charge in [-0.15, -0.1) is 0 Å². The van der Waals surface area contributed by atoms with Gasteiger partial charge in [-0.25, -0.2) is 0 Å². The third-order valence-electron chi connectivity index (χ3n) is 4.06. The van der Waals surface area contributed by atoms with Crippen LogP contribution in [0.5, 0.6) is 0 Å².